The molecule has 1 fully saturated rings. The Morgan fingerprint density at radius 3 is 2.50 bits per heavy atom. The maximum atomic E-state index is 11.5. The van der Waals surface area contributed by atoms with Crippen molar-refractivity contribution in [2.45, 2.75) is 45.4 Å². The van der Waals surface area contributed by atoms with Crippen LogP contribution in [0.3, 0.4) is 0 Å². The van der Waals surface area contributed by atoms with Gasteiger partial charge in [0, 0.05) is 13.1 Å². The van der Waals surface area contributed by atoms with Crippen LogP contribution < -0.4 is 10.6 Å². The number of hydrogen-bond acceptors (Lipinski definition) is 2. The lowest BCUT2D eigenvalue weighted by Gasteiger charge is -2.21. The van der Waals surface area contributed by atoms with Gasteiger partial charge < -0.3 is 15.7 Å². The van der Waals surface area contributed by atoms with Gasteiger partial charge in [0.05, 0.1) is 5.92 Å². The van der Waals surface area contributed by atoms with Gasteiger partial charge in [-0.15, -0.1) is 0 Å². The summed E-state index contributed by atoms with van der Waals surface area (Å²) in [7, 11) is 0. The van der Waals surface area contributed by atoms with E-state index in [1.54, 1.807) is 6.92 Å². The highest BCUT2D eigenvalue weighted by Crippen LogP contribution is 2.22. The molecule has 5 heteroatoms. The number of urea groups is 1. The van der Waals surface area contributed by atoms with E-state index in [0.29, 0.717) is 18.9 Å². The molecule has 0 bridgehead atoms. The second kappa shape index (κ2) is 7.95. The maximum Gasteiger partial charge on any atom is 0.314 e. The van der Waals surface area contributed by atoms with Crippen LogP contribution in [0.2, 0.25) is 0 Å². The highest BCUT2D eigenvalue weighted by atomic mass is 16.4. The van der Waals surface area contributed by atoms with E-state index in [9.17, 15) is 9.59 Å². The Hall–Kier alpha value is -1.26. The van der Waals surface area contributed by atoms with Crippen molar-refractivity contribution in [3.8, 4) is 0 Å². The summed E-state index contributed by atoms with van der Waals surface area (Å²) in [5, 5.41) is 14.2. The van der Waals surface area contributed by atoms with Gasteiger partial charge in [-0.05, 0) is 25.2 Å². The lowest BCUT2D eigenvalue weighted by atomic mass is 9.89. The number of carboxylic acid groups (broad SMARTS) is 1. The van der Waals surface area contributed by atoms with Gasteiger partial charge >= 0.3 is 12.0 Å². The van der Waals surface area contributed by atoms with Crippen molar-refractivity contribution >= 4 is 12.0 Å². The molecule has 1 aliphatic carbocycles. The van der Waals surface area contributed by atoms with Gasteiger partial charge in [-0.3, -0.25) is 4.79 Å². The largest absolute Gasteiger partial charge is 0.481 e. The van der Waals surface area contributed by atoms with Crippen LogP contribution in [0.4, 0.5) is 4.79 Å². The maximum absolute atomic E-state index is 11.5. The number of hydrogen-bond donors (Lipinski definition) is 3. The Labute approximate surface area is 108 Å². The zero-order valence-electron chi connectivity index (χ0n) is 11.1. The van der Waals surface area contributed by atoms with Crippen LogP contribution in [0.15, 0.2) is 0 Å². The van der Waals surface area contributed by atoms with E-state index in [1.165, 1.54) is 32.1 Å². The summed E-state index contributed by atoms with van der Waals surface area (Å²) in [5.74, 6) is -0.620. The predicted octanol–water partition coefficient (Wildman–Crippen LogP) is 1.98. The number of rotatable bonds is 6. The first-order valence-corrected chi connectivity index (χ1v) is 6.84. The average Bonchev–Trinajstić information content (AvgIpc) is 2.37. The summed E-state index contributed by atoms with van der Waals surface area (Å²) in [4.78, 5) is 22.0. The van der Waals surface area contributed by atoms with Gasteiger partial charge in [0.1, 0.15) is 0 Å². The molecule has 5 nitrogen and oxygen atoms in total. The molecule has 1 saturated carbocycles. The van der Waals surface area contributed by atoms with E-state index in [1.807, 2.05) is 0 Å². The van der Waals surface area contributed by atoms with E-state index in [4.69, 9.17) is 5.11 Å². The SMILES string of the molecule is CC(CCNC(=O)NCC1CCCCC1)C(=O)O. The first-order chi connectivity index (χ1) is 8.59. The average molecular weight is 256 g/mol. The van der Waals surface area contributed by atoms with E-state index in [2.05, 4.69) is 10.6 Å². The van der Waals surface area contributed by atoms with E-state index in [-0.39, 0.29) is 6.03 Å². The molecule has 0 spiro atoms. The van der Waals surface area contributed by atoms with Crippen molar-refractivity contribution in [3.05, 3.63) is 0 Å². The Morgan fingerprint density at radius 2 is 1.89 bits per heavy atom. The van der Waals surface area contributed by atoms with Crippen LogP contribution in [-0.2, 0) is 4.79 Å². The lowest BCUT2D eigenvalue weighted by molar-refractivity contribution is -0.141. The van der Waals surface area contributed by atoms with Crippen molar-refractivity contribution in [2.75, 3.05) is 13.1 Å². The summed E-state index contributed by atoms with van der Waals surface area (Å²) >= 11 is 0. The van der Waals surface area contributed by atoms with Crippen LogP contribution in [-0.4, -0.2) is 30.2 Å². The molecule has 18 heavy (non-hydrogen) atoms. The fourth-order valence-electron chi connectivity index (χ4n) is 2.22. The summed E-state index contributed by atoms with van der Waals surface area (Å²) in [6.45, 7) is 2.79. The zero-order chi connectivity index (χ0) is 13.4. The minimum atomic E-state index is -0.820. The van der Waals surface area contributed by atoms with Crippen molar-refractivity contribution in [2.24, 2.45) is 11.8 Å². The van der Waals surface area contributed by atoms with E-state index < -0.39 is 11.9 Å². The normalized spacial score (nSPS) is 18.1. The van der Waals surface area contributed by atoms with Crippen LogP contribution in [0, 0.1) is 11.8 Å². The first-order valence-electron chi connectivity index (χ1n) is 6.84. The molecule has 0 heterocycles. The third-order valence-electron chi connectivity index (χ3n) is 3.56. The minimum absolute atomic E-state index is 0.182. The molecule has 0 saturated heterocycles. The fourth-order valence-corrected chi connectivity index (χ4v) is 2.22. The monoisotopic (exact) mass is 256 g/mol. The quantitative estimate of drug-likeness (QED) is 0.680. The standard InChI is InChI=1S/C13H24N2O3/c1-10(12(16)17)7-8-14-13(18)15-9-11-5-3-2-4-6-11/h10-11H,2-9H2,1H3,(H,16,17)(H2,14,15,18). The molecule has 1 unspecified atom stereocenters. The molecule has 1 atom stereocenters. The van der Waals surface area contributed by atoms with Crippen molar-refractivity contribution < 1.29 is 14.7 Å². The molecule has 3 N–H and O–H groups in total. The highest BCUT2D eigenvalue weighted by Gasteiger charge is 2.14. The van der Waals surface area contributed by atoms with Crippen molar-refractivity contribution in [3.63, 3.8) is 0 Å². The van der Waals surface area contributed by atoms with Crippen LogP contribution in [0.25, 0.3) is 0 Å². The molecule has 2 amide bonds. The molecule has 104 valence electrons. The van der Waals surface area contributed by atoms with E-state index in [0.717, 1.165) is 6.54 Å². The smallest absolute Gasteiger partial charge is 0.314 e. The van der Waals surface area contributed by atoms with Gasteiger partial charge in [-0.1, -0.05) is 26.2 Å². The third-order valence-corrected chi connectivity index (χ3v) is 3.56. The Morgan fingerprint density at radius 1 is 1.22 bits per heavy atom. The highest BCUT2D eigenvalue weighted by molar-refractivity contribution is 5.74. The van der Waals surface area contributed by atoms with Crippen molar-refractivity contribution in [1.29, 1.82) is 0 Å². The summed E-state index contributed by atoms with van der Waals surface area (Å²) < 4.78 is 0. The molecule has 0 aromatic heterocycles. The molecule has 0 aliphatic heterocycles. The lowest BCUT2D eigenvalue weighted by Crippen LogP contribution is -2.39. The number of amides is 2. The molecule has 0 aromatic rings. The number of carbonyl (C=O) groups excluding carboxylic acids is 1. The van der Waals surface area contributed by atoms with Gasteiger partial charge in [-0.2, -0.15) is 0 Å². The summed E-state index contributed by atoms with van der Waals surface area (Å²) in [6.07, 6.45) is 6.72. The topological polar surface area (TPSA) is 78.4 Å². The number of nitrogens with one attached hydrogen (secondary N) is 2. The summed E-state index contributed by atoms with van der Waals surface area (Å²) in [5.41, 5.74) is 0. The second-order valence-corrected chi connectivity index (χ2v) is 5.17. The molecular weight excluding hydrogens is 232 g/mol. The number of carboxylic acids is 1. The van der Waals surface area contributed by atoms with Crippen LogP contribution in [0.1, 0.15) is 45.4 Å². The van der Waals surface area contributed by atoms with E-state index >= 15 is 0 Å². The second-order valence-electron chi connectivity index (χ2n) is 5.17. The van der Waals surface area contributed by atoms with Crippen molar-refractivity contribution in [1.82, 2.24) is 10.6 Å². The number of carbonyl (C=O) groups is 2. The zero-order valence-corrected chi connectivity index (χ0v) is 11.1. The Balaban J connectivity index is 2.04. The van der Waals surface area contributed by atoms with Gasteiger partial charge in [0.2, 0.25) is 0 Å². The molecule has 1 aliphatic rings. The Bertz CT molecular complexity index is 275. The van der Waals surface area contributed by atoms with Gasteiger partial charge in [-0.25, -0.2) is 4.79 Å². The van der Waals surface area contributed by atoms with Gasteiger partial charge in [0.15, 0.2) is 0 Å². The number of aliphatic carboxylic acids is 1. The van der Waals surface area contributed by atoms with Gasteiger partial charge in [0.25, 0.3) is 0 Å². The fraction of sp³-hybridized carbons (Fsp3) is 0.846. The minimum Gasteiger partial charge on any atom is -0.481 e. The van der Waals surface area contributed by atoms with Crippen LogP contribution >= 0.6 is 0 Å². The Kier molecular flexibility index (Phi) is 6.54. The molecular formula is C13H24N2O3. The molecule has 0 aromatic carbocycles. The van der Waals surface area contributed by atoms with Crippen LogP contribution in [0.5, 0.6) is 0 Å². The summed E-state index contributed by atoms with van der Waals surface area (Å²) in [6, 6.07) is -0.182. The molecule has 0 radical (unpaired) electrons. The first kappa shape index (κ1) is 14.8. The molecule has 1 rings (SSSR count). The predicted molar refractivity (Wildman–Crippen MR) is 69.4 cm³/mol. The third kappa shape index (κ3) is 5.89.